The van der Waals surface area contributed by atoms with E-state index in [0.29, 0.717) is 0 Å². The summed E-state index contributed by atoms with van der Waals surface area (Å²) in [5.74, 6) is 0. The Morgan fingerprint density at radius 2 is 0.635 bits per heavy atom. The Morgan fingerprint density at radius 3 is 1.04 bits per heavy atom. The van der Waals surface area contributed by atoms with E-state index < -0.39 is 0 Å². The van der Waals surface area contributed by atoms with Crippen LogP contribution in [-0.4, -0.2) is 6.71 Å². The highest BCUT2D eigenvalue weighted by Gasteiger charge is 2.44. The molecule has 0 radical (unpaired) electrons. The van der Waals surface area contributed by atoms with Crippen LogP contribution in [0.1, 0.15) is 105 Å². The van der Waals surface area contributed by atoms with E-state index in [1.54, 1.807) is 0 Å². The minimum atomic E-state index is -0.0641. The van der Waals surface area contributed by atoms with Crippen LogP contribution in [0.15, 0.2) is 206 Å². The van der Waals surface area contributed by atoms with E-state index in [-0.39, 0.29) is 28.4 Å². The third-order valence-electron chi connectivity index (χ3n) is 15.5. The van der Waals surface area contributed by atoms with E-state index >= 15 is 0 Å². The van der Waals surface area contributed by atoms with Gasteiger partial charge in [0.15, 0.2) is 0 Å². The average Bonchev–Trinajstić information content (AvgIpc) is 3.38. The van der Waals surface area contributed by atoms with Crippen molar-refractivity contribution in [3.05, 3.63) is 229 Å². The number of para-hydroxylation sites is 2. The van der Waals surface area contributed by atoms with Crippen LogP contribution in [0.2, 0.25) is 0 Å². The molecule has 4 heteroatoms. The molecule has 0 spiro atoms. The van der Waals surface area contributed by atoms with Gasteiger partial charge in [-0.15, -0.1) is 0 Å². The van der Waals surface area contributed by atoms with E-state index in [1.165, 1.54) is 83.6 Å². The molecule has 0 bridgehead atoms. The van der Waals surface area contributed by atoms with Crippen LogP contribution in [0, 0.1) is 0 Å². The van der Waals surface area contributed by atoms with Gasteiger partial charge in [-0.1, -0.05) is 210 Å². The number of benzene rings is 9. The van der Waals surface area contributed by atoms with Crippen LogP contribution in [0.5, 0.6) is 0 Å². The number of anilines is 9. The molecule has 0 saturated heterocycles. The Balaban J connectivity index is 1.22. The summed E-state index contributed by atoms with van der Waals surface area (Å²) in [5.41, 5.74) is 24.4. The molecule has 74 heavy (non-hydrogen) atoms. The molecule has 0 atom stereocenters. The van der Waals surface area contributed by atoms with Gasteiger partial charge in [0.1, 0.15) is 0 Å². The number of rotatable bonds is 7. The fourth-order valence-corrected chi connectivity index (χ4v) is 11.2. The first-order valence-corrected chi connectivity index (χ1v) is 26.6. The molecule has 0 N–H and O–H groups in total. The Labute approximate surface area is 442 Å². The molecule has 0 fully saturated rings. The summed E-state index contributed by atoms with van der Waals surface area (Å²) >= 11 is 0. The zero-order valence-corrected chi connectivity index (χ0v) is 45.5. The van der Waals surface area contributed by atoms with Gasteiger partial charge in [-0.25, -0.2) is 0 Å². The summed E-state index contributed by atoms with van der Waals surface area (Å²) < 4.78 is 0. The molecule has 9 aromatic carbocycles. The Hall–Kier alpha value is -7.56. The van der Waals surface area contributed by atoms with Crippen molar-refractivity contribution in [1.29, 1.82) is 0 Å². The lowest BCUT2D eigenvalue weighted by Crippen LogP contribution is -2.61. The van der Waals surface area contributed by atoms with Crippen molar-refractivity contribution in [2.45, 2.75) is 105 Å². The third-order valence-corrected chi connectivity index (χ3v) is 15.5. The lowest BCUT2D eigenvalue weighted by atomic mass is 9.33. The van der Waals surface area contributed by atoms with Gasteiger partial charge in [-0.2, -0.15) is 0 Å². The molecule has 9 aromatic rings. The minimum Gasteiger partial charge on any atom is -0.311 e. The second-order valence-electron chi connectivity index (χ2n) is 24.8. The Kier molecular flexibility index (Phi) is 11.9. The van der Waals surface area contributed by atoms with Gasteiger partial charge in [-0.05, 0) is 161 Å². The maximum absolute atomic E-state index is 2.57. The van der Waals surface area contributed by atoms with Gasteiger partial charge < -0.3 is 14.7 Å². The Bertz CT molecular complexity index is 3460. The molecule has 0 aromatic heterocycles. The molecule has 2 heterocycles. The molecule has 2 aliphatic rings. The molecular weight excluding hydrogens is 894 g/mol. The number of hydrogen-bond acceptors (Lipinski definition) is 3. The van der Waals surface area contributed by atoms with E-state index in [0.717, 1.165) is 28.4 Å². The second-order valence-corrected chi connectivity index (χ2v) is 24.8. The topological polar surface area (TPSA) is 9.72 Å². The third kappa shape index (κ3) is 8.93. The predicted molar refractivity (Wildman–Crippen MR) is 321 cm³/mol. The molecule has 0 unspecified atom stereocenters. The van der Waals surface area contributed by atoms with Crippen molar-refractivity contribution in [2.24, 2.45) is 0 Å². The number of nitrogens with zero attached hydrogens (tertiary/aromatic N) is 3. The monoisotopic (exact) mass is 964 g/mol. The van der Waals surface area contributed by atoms with Crippen LogP contribution < -0.4 is 31.1 Å². The summed E-state index contributed by atoms with van der Waals surface area (Å²) in [6.45, 7) is 27.5. The van der Waals surface area contributed by atoms with Gasteiger partial charge in [-0.3, -0.25) is 0 Å². The highest BCUT2D eigenvalue weighted by molar-refractivity contribution is 7.00. The lowest BCUT2D eigenvalue weighted by molar-refractivity contribution is 0.590. The largest absolute Gasteiger partial charge is 0.311 e. The standard InChI is InChI=1S/C70H70BN3/c1-67(2,3)51-28-23-47(24-29-51)49-27-41-60-62(43-49)73(57-36-32-53(33-37-57)69(7,8)9)64-44-50(48-25-30-52(31-26-48)68(4,5)6)45-65-66(64)71(60)61-42-40-59(72(55-19-15-13-16-20-55)56-21-17-14-18-22-56)46-63(61)74(65)58-38-34-54(35-39-58)70(10,11)12/h13-46H,1-12H3. The van der Waals surface area contributed by atoms with E-state index in [4.69, 9.17) is 0 Å². The molecule has 0 saturated carbocycles. The van der Waals surface area contributed by atoms with Crippen molar-refractivity contribution in [3.63, 3.8) is 0 Å². The van der Waals surface area contributed by atoms with Crippen molar-refractivity contribution in [1.82, 2.24) is 0 Å². The molecule has 2 aliphatic heterocycles. The van der Waals surface area contributed by atoms with E-state index in [1.807, 2.05) is 0 Å². The van der Waals surface area contributed by atoms with E-state index in [9.17, 15) is 0 Å². The van der Waals surface area contributed by atoms with Gasteiger partial charge in [0.2, 0.25) is 0 Å². The molecule has 0 aliphatic carbocycles. The van der Waals surface area contributed by atoms with Gasteiger partial charge in [0, 0.05) is 51.2 Å². The van der Waals surface area contributed by atoms with Crippen LogP contribution in [0.3, 0.4) is 0 Å². The Morgan fingerprint density at radius 1 is 0.297 bits per heavy atom. The summed E-state index contributed by atoms with van der Waals surface area (Å²) in [6, 6.07) is 78.3. The molecular formula is C70H70BN3. The average molecular weight is 964 g/mol. The summed E-state index contributed by atoms with van der Waals surface area (Å²) in [5, 5.41) is 0. The van der Waals surface area contributed by atoms with Gasteiger partial charge in [0.25, 0.3) is 6.71 Å². The minimum absolute atomic E-state index is 0.000993. The zero-order chi connectivity index (χ0) is 51.9. The maximum Gasteiger partial charge on any atom is 0.252 e. The quantitative estimate of drug-likeness (QED) is 0.147. The number of fused-ring (bicyclic) bond motifs is 4. The highest BCUT2D eigenvalue weighted by Crippen LogP contribution is 2.49. The van der Waals surface area contributed by atoms with Crippen molar-refractivity contribution in [3.8, 4) is 22.3 Å². The van der Waals surface area contributed by atoms with Gasteiger partial charge in [0.05, 0.1) is 0 Å². The van der Waals surface area contributed by atoms with Crippen molar-refractivity contribution in [2.75, 3.05) is 14.7 Å². The summed E-state index contributed by atoms with van der Waals surface area (Å²) in [4.78, 5) is 7.53. The normalized spacial score (nSPS) is 13.3. The van der Waals surface area contributed by atoms with Crippen LogP contribution in [-0.2, 0) is 21.7 Å². The summed E-state index contributed by atoms with van der Waals surface area (Å²) in [7, 11) is 0. The molecule has 11 rings (SSSR count). The van der Waals surface area contributed by atoms with Crippen molar-refractivity contribution < 1.29 is 0 Å². The van der Waals surface area contributed by atoms with Crippen LogP contribution >= 0.6 is 0 Å². The lowest BCUT2D eigenvalue weighted by Gasteiger charge is -2.45. The first-order chi connectivity index (χ1) is 35.2. The highest BCUT2D eigenvalue weighted by atomic mass is 15.2. The maximum atomic E-state index is 2.57. The summed E-state index contributed by atoms with van der Waals surface area (Å²) in [6.07, 6.45) is 0. The smallest absolute Gasteiger partial charge is 0.252 e. The van der Waals surface area contributed by atoms with Crippen LogP contribution in [0.25, 0.3) is 22.3 Å². The predicted octanol–water partition coefficient (Wildman–Crippen LogP) is 17.8. The number of hydrogen-bond donors (Lipinski definition) is 0. The first kappa shape index (κ1) is 48.7. The molecule has 368 valence electrons. The fraction of sp³-hybridized carbons (Fsp3) is 0.229. The fourth-order valence-electron chi connectivity index (χ4n) is 11.2. The SMILES string of the molecule is CC(C)(C)c1ccc(-c2ccc3c(c2)N(c2ccc(C(C)(C)C)cc2)c2cc(-c4ccc(C(C)(C)C)cc4)cc4c2B3c2ccc(N(c3ccccc3)c3ccccc3)cc2N4c2ccc(C(C)(C)C)cc2)cc1. The first-order valence-electron chi connectivity index (χ1n) is 26.6. The zero-order valence-electron chi connectivity index (χ0n) is 45.5. The van der Waals surface area contributed by atoms with Crippen LogP contribution in [0.4, 0.5) is 51.2 Å². The molecule has 0 amide bonds. The second kappa shape index (κ2) is 18.1. The van der Waals surface area contributed by atoms with Gasteiger partial charge >= 0.3 is 0 Å². The molecule has 3 nitrogen and oxygen atoms in total. The van der Waals surface area contributed by atoms with E-state index in [2.05, 4.69) is 304 Å². The van der Waals surface area contributed by atoms with Crippen molar-refractivity contribution >= 4 is 74.3 Å².